The molecule has 1 heterocycles. The number of morpholine rings is 1. The van der Waals surface area contributed by atoms with Gasteiger partial charge in [0.2, 0.25) is 0 Å². The van der Waals surface area contributed by atoms with E-state index in [1.54, 1.807) is 4.90 Å². The van der Waals surface area contributed by atoms with Crippen LogP contribution in [0.5, 0.6) is 0 Å². The fourth-order valence-electron chi connectivity index (χ4n) is 5.80. The van der Waals surface area contributed by atoms with E-state index >= 15 is 8.78 Å². The second kappa shape index (κ2) is 12.3. The maximum absolute atomic E-state index is 16.0. The van der Waals surface area contributed by atoms with Crippen LogP contribution in [0.25, 0.3) is 0 Å². The number of carbonyl (C=O) groups is 2. The summed E-state index contributed by atoms with van der Waals surface area (Å²) in [4.78, 5) is 25.9. The number of amides is 2. The largest absolute Gasteiger partial charge is 0.464 e. The highest BCUT2D eigenvalue weighted by Gasteiger charge is 2.50. The van der Waals surface area contributed by atoms with Crippen LogP contribution in [0.15, 0.2) is 66.7 Å². The van der Waals surface area contributed by atoms with Gasteiger partial charge in [-0.1, -0.05) is 81.4 Å². The third kappa shape index (κ3) is 5.96. The number of benzene rings is 3. The van der Waals surface area contributed by atoms with Gasteiger partial charge in [-0.15, -0.1) is 0 Å². The summed E-state index contributed by atoms with van der Waals surface area (Å²) in [6.45, 7) is 10.3. The second-order valence-corrected chi connectivity index (χ2v) is 15.9. The maximum Gasteiger partial charge on any atom is 0.429 e. The van der Waals surface area contributed by atoms with Crippen LogP contribution in [0.1, 0.15) is 50.5 Å². The molecule has 3 aromatic carbocycles. The Labute approximate surface area is 245 Å². The van der Waals surface area contributed by atoms with Crippen molar-refractivity contribution in [2.24, 2.45) is 5.84 Å². The quantitative estimate of drug-likeness (QED) is 0.177. The van der Waals surface area contributed by atoms with Crippen molar-refractivity contribution in [2.75, 3.05) is 18.0 Å². The topological polar surface area (TPSA) is 105 Å². The van der Waals surface area contributed by atoms with Crippen LogP contribution >= 0.6 is 0 Å². The SMILES string of the molecule is CC1CN(c2c(CO[Si](c3ccccc3)(c3ccccc3)C(C)(C)C)cc(C(=O)N(N)C(=O)O)c(F)c2F)CC(C)O1. The molecule has 11 heteroatoms. The van der Waals surface area contributed by atoms with Crippen molar-refractivity contribution < 1.29 is 32.6 Å². The first-order valence-corrected chi connectivity index (χ1v) is 15.7. The number of nitrogens with zero attached hydrogens (tertiary/aromatic N) is 2. The molecule has 3 aromatic rings. The Bertz CT molecular complexity index is 1390. The molecule has 0 saturated carbocycles. The lowest BCUT2D eigenvalue weighted by atomic mass is 10.0. The molecule has 0 spiro atoms. The van der Waals surface area contributed by atoms with E-state index < -0.39 is 42.6 Å². The number of rotatable bonds is 7. The molecule has 0 radical (unpaired) electrons. The molecule has 0 aromatic heterocycles. The van der Waals surface area contributed by atoms with Gasteiger partial charge in [-0.2, -0.15) is 5.01 Å². The summed E-state index contributed by atoms with van der Waals surface area (Å²) in [5.74, 6) is 1.23. The monoisotopic (exact) mass is 597 g/mol. The molecule has 8 nitrogen and oxygen atoms in total. The van der Waals surface area contributed by atoms with Crippen molar-refractivity contribution in [3.05, 3.63) is 89.5 Å². The van der Waals surface area contributed by atoms with Gasteiger partial charge in [-0.25, -0.2) is 19.4 Å². The van der Waals surface area contributed by atoms with E-state index in [-0.39, 0.29) is 48.2 Å². The lowest BCUT2D eigenvalue weighted by Crippen LogP contribution is -2.66. The Morgan fingerprint density at radius 3 is 1.95 bits per heavy atom. The highest BCUT2D eigenvalue weighted by atomic mass is 28.4. The van der Waals surface area contributed by atoms with Crippen molar-refractivity contribution >= 4 is 36.4 Å². The minimum atomic E-state index is -3.12. The summed E-state index contributed by atoms with van der Waals surface area (Å²) in [5.41, 5.74) is -0.648. The summed E-state index contributed by atoms with van der Waals surface area (Å²) in [6.07, 6.45) is -2.34. The first-order chi connectivity index (χ1) is 19.8. The van der Waals surface area contributed by atoms with Crippen LogP contribution in [0.4, 0.5) is 19.3 Å². The van der Waals surface area contributed by atoms with Gasteiger partial charge in [0.05, 0.1) is 30.1 Å². The van der Waals surface area contributed by atoms with Crippen LogP contribution in [0.3, 0.4) is 0 Å². The Kier molecular flexibility index (Phi) is 9.17. The highest BCUT2D eigenvalue weighted by Crippen LogP contribution is 2.39. The van der Waals surface area contributed by atoms with E-state index in [9.17, 15) is 14.7 Å². The van der Waals surface area contributed by atoms with Gasteiger partial charge in [-0.3, -0.25) is 4.79 Å². The Hall–Kier alpha value is -3.64. The Balaban J connectivity index is 1.92. The van der Waals surface area contributed by atoms with Crippen molar-refractivity contribution in [1.29, 1.82) is 0 Å². The number of carbonyl (C=O) groups excluding carboxylic acids is 1. The van der Waals surface area contributed by atoms with Crippen LogP contribution < -0.4 is 21.1 Å². The van der Waals surface area contributed by atoms with E-state index in [1.807, 2.05) is 74.5 Å². The molecule has 1 aliphatic rings. The van der Waals surface area contributed by atoms with Gasteiger partial charge in [0.25, 0.3) is 14.2 Å². The Morgan fingerprint density at radius 1 is 1.00 bits per heavy atom. The molecule has 1 aliphatic heterocycles. The molecule has 2 atom stereocenters. The predicted octanol–water partition coefficient (Wildman–Crippen LogP) is 4.65. The number of hydrogen-bond acceptors (Lipinski definition) is 6. The molecular weight excluding hydrogens is 560 g/mol. The highest BCUT2D eigenvalue weighted by molar-refractivity contribution is 6.99. The van der Waals surface area contributed by atoms with Crippen LogP contribution in [-0.2, 0) is 15.8 Å². The van der Waals surface area contributed by atoms with E-state index in [1.165, 1.54) is 0 Å². The second-order valence-electron chi connectivity index (χ2n) is 11.6. The van der Waals surface area contributed by atoms with E-state index in [2.05, 4.69) is 20.8 Å². The van der Waals surface area contributed by atoms with Gasteiger partial charge in [0, 0.05) is 18.7 Å². The summed E-state index contributed by atoms with van der Waals surface area (Å²) < 4.78 is 44.3. The van der Waals surface area contributed by atoms with Crippen LogP contribution in [-0.4, -0.2) is 55.7 Å². The smallest absolute Gasteiger partial charge is 0.429 e. The zero-order chi connectivity index (χ0) is 30.8. The molecule has 0 bridgehead atoms. The summed E-state index contributed by atoms with van der Waals surface area (Å²) in [6, 6.07) is 20.8. The number of nitrogens with two attached hydrogens (primary N) is 1. The number of halogens is 2. The van der Waals surface area contributed by atoms with Gasteiger partial charge in [-0.05, 0) is 35.3 Å². The van der Waals surface area contributed by atoms with Gasteiger partial charge >= 0.3 is 6.09 Å². The van der Waals surface area contributed by atoms with Crippen molar-refractivity contribution in [3.63, 3.8) is 0 Å². The first kappa shape index (κ1) is 31.3. The van der Waals surface area contributed by atoms with E-state index in [0.717, 1.165) is 16.4 Å². The van der Waals surface area contributed by atoms with Crippen molar-refractivity contribution in [3.8, 4) is 0 Å². The molecule has 0 aliphatic carbocycles. The fraction of sp³-hybridized carbons (Fsp3) is 0.355. The molecule has 1 fully saturated rings. The number of anilines is 1. The zero-order valence-corrected chi connectivity index (χ0v) is 25.4. The van der Waals surface area contributed by atoms with Gasteiger partial charge in [0.15, 0.2) is 11.6 Å². The number of carboxylic acid groups (broad SMARTS) is 1. The van der Waals surface area contributed by atoms with Crippen LogP contribution in [0.2, 0.25) is 5.04 Å². The summed E-state index contributed by atoms with van der Waals surface area (Å²) in [5, 5.41) is 10.6. The molecule has 3 N–H and O–H groups in total. The third-order valence-corrected chi connectivity index (χ3v) is 12.5. The number of imide groups is 1. The van der Waals surface area contributed by atoms with Crippen molar-refractivity contribution in [2.45, 2.75) is 58.5 Å². The molecule has 2 amide bonds. The molecule has 42 heavy (non-hydrogen) atoms. The minimum Gasteiger partial charge on any atom is -0.464 e. The summed E-state index contributed by atoms with van der Waals surface area (Å²) in [7, 11) is -3.12. The summed E-state index contributed by atoms with van der Waals surface area (Å²) >= 11 is 0. The molecular formula is C31H37F2N3O5Si. The lowest BCUT2D eigenvalue weighted by molar-refractivity contribution is -0.00554. The Morgan fingerprint density at radius 2 is 1.50 bits per heavy atom. The zero-order valence-electron chi connectivity index (χ0n) is 24.4. The minimum absolute atomic E-state index is 0.0529. The number of ether oxygens (including phenoxy) is 1. The average molecular weight is 598 g/mol. The fourth-order valence-corrected chi connectivity index (χ4v) is 10.3. The molecule has 2 unspecified atom stereocenters. The maximum atomic E-state index is 16.0. The van der Waals surface area contributed by atoms with E-state index in [0.29, 0.717) is 0 Å². The van der Waals surface area contributed by atoms with Gasteiger partial charge in [0.1, 0.15) is 0 Å². The van der Waals surface area contributed by atoms with Crippen LogP contribution in [0, 0.1) is 11.6 Å². The molecule has 224 valence electrons. The third-order valence-electron chi connectivity index (χ3n) is 7.51. The number of hydrazine groups is 1. The predicted molar refractivity (Wildman–Crippen MR) is 159 cm³/mol. The normalized spacial score (nSPS) is 17.7. The average Bonchev–Trinajstić information content (AvgIpc) is 2.94. The number of hydrogen-bond donors (Lipinski definition) is 2. The lowest BCUT2D eigenvalue weighted by Gasteiger charge is -2.43. The van der Waals surface area contributed by atoms with E-state index in [4.69, 9.17) is 15.0 Å². The van der Waals surface area contributed by atoms with Gasteiger partial charge < -0.3 is 19.2 Å². The standard InChI is InChI=1S/C31H37F2N3O5Si/c1-20-17-35(18-21(2)41-20)28-22(16-25(26(32)27(28)33)29(37)36(34)30(38)39)19-40-42(31(3,4)5,23-12-8-6-9-13-23)24-14-10-7-11-15-24/h6-16,20-21H,17-19,34H2,1-5H3,(H,38,39). The first-order valence-electron chi connectivity index (χ1n) is 13.8. The molecule has 4 rings (SSSR count). The van der Waals surface area contributed by atoms with Crippen molar-refractivity contribution in [1.82, 2.24) is 5.01 Å². The molecule has 1 saturated heterocycles.